The van der Waals surface area contributed by atoms with Gasteiger partial charge in [-0.1, -0.05) is 48.5 Å². The fraction of sp³-hybridized carbons (Fsp3) is 0.867. The minimum Gasteiger partial charge on any atom is -0.481 e. The molecule has 0 heterocycles. The lowest BCUT2D eigenvalue weighted by Crippen LogP contribution is -2.50. The Labute approximate surface area is 122 Å². The molecule has 0 aliphatic rings. The highest BCUT2D eigenvalue weighted by Gasteiger charge is 2.29. The van der Waals surface area contributed by atoms with Crippen LogP contribution in [0, 0.1) is 16.7 Å². The molecular weight excluding hydrogens is 256 g/mol. The van der Waals surface area contributed by atoms with E-state index in [2.05, 4.69) is 38.3 Å². The van der Waals surface area contributed by atoms with Crippen LogP contribution in [-0.4, -0.2) is 29.7 Å². The average molecular weight is 286 g/mol. The summed E-state index contributed by atoms with van der Waals surface area (Å²) in [5, 5.41) is 14.5. The lowest BCUT2D eigenvalue weighted by atomic mass is 9.81. The third-order valence-electron chi connectivity index (χ3n) is 4.00. The maximum atomic E-state index is 11.9. The summed E-state index contributed by atoms with van der Waals surface area (Å²) in [5.74, 6) is -0.465. The number of amides is 2. The van der Waals surface area contributed by atoms with Crippen LogP contribution in [0.5, 0.6) is 0 Å². The predicted octanol–water partition coefficient (Wildman–Crippen LogP) is 2.86. The van der Waals surface area contributed by atoms with Crippen LogP contribution < -0.4 is 10.6 Å². The van der Waals surface area contributed by atoms with Crippen molar-refractivity contribution in [1.82, 2.24) is 10.6 Å². The van der Waals surface area contributed by atoms with E-state index in [-0.39, 0.29) is 23.3 Å². The third kappa shape index (κ3) is 6.78. The van der Waals surface area contributed by atoms with Crippen molar-refractivity contribution < 1.29 is 14.7 Å². The summed E-state index contributed by atoms with van der Waals surface area (Å²) in [7, 11) is 0. The second-order valence-corrected chi connectivity index (χ2v) is 7.49. The standard InChI is InChI=1S/C15H30N2O3/c1-10(2)15(6,7)9-16-13(20)17-11(8-12(18)19)14(3,4)5/h10-11H,8-9H2,1-7H3,(H,18,19)(H2,16,17,20). The normalized spacial score (nSPS) is 14.0. The quantitative estimate of drug-likeness (QED) is 0.702. The van der Waals surface area contributed by atoms with E-state index in [4.69, 9.17) is 5.11 Å². The summed E-state index contributed by atoms with van der Waals surface area (Å²) in [6, 6.07) is -0.706. The number of carbonyl (C=O) groups is 2. The van der Waals surface area contributed by atoms with Crippen molar-refractivity contribution in [2.75, 3.05) is 6.54 Å². The first-order valence-corrected chi connectivity index (χ1v) is 7.12. The van der Waals surface area contributed by atoms with Crippen molar-refractivity contribution in [3.8, 4) is 0 Å². The zero-order valence-corrected chi connectivity index (χ0v) is 13.8. The molecule has 3 N–H and O–H groups in total. The summed E-state index contributed by atoms with van der Waals surface area (Å²) < 4.78 is 0. The van der Waals surface area contributed by atoms with E-state index in [1.54, 1.807) is 0 Å². The maximum Gasteiger partial charge on any atom is 0.315 e. The fourth-order valence-electron chi connectivity index (χ4n) is 1.47. The molecule has 0 radical (unpaired) electrons. The monoisotopic (exact) mass is 286 g/mol. The summed E-state index contributed by atoms with van der Waals surface area (Å²) >= 11 is 0. The molecule has 0 rings (SSSR count). The van der Waals surface area contributed by atoms with E-state index < -0.39 is 12.0 Å². The first-order chi connectivity index (χ1) is 8.86. The Hall–Kier alpha value is -1.26. The van der Waals surface area contributed by atoms with Gasteiger partial charge in [-0.3, -0.25) is 4.79 Å². The molecule has 20 heavy (non-hydrogen) atoms. The lowest BCUT2D eigenvalue weighted by Gasteiger charge is -2.32. The van der Waals surface area contributed by atoms with Crippen LogP contribution in [0.15, 0.2) is 0 Å². The van der Waals surface area contributed by atoms with Gasteiger partial charge in [-0.15, -0.1) is 0 Å². The molecule has 1 atom stereocenters. The molecule has 0 spiro atoms. The highest BCUT2D eigenvalue weighted by Crippen LogP contribution is 2.25. The lowest BCUT2D eigenvalue weighted by molar-refractivity contribution is -0.138. The van der Waals surface area contributed by atoms with Gasteiger partial charge in [0.05, 0.1) is 6.42 Å². The SMILES string of the molecule is CC(C)C(C)(C)CNC(=O)NC(CC(=O)O)C(C)(C)C. The van der Waals surface area contributed by atoms with Gasteiger partial charge in [0, 0.05) is 12.6 Å². The molecule has 0 aromatic carbocycles. The summed E-state index contributed by atoms with van der Waals surface area (Å²) in [5.41, 5.74) is -0.301. The van der Waals surface area contributed by atoms with Gasteiger partial charge in [-0.2, -0.15) is 0 Å². The van der Waals surface area contributed by atoms with Gasteiger partial charge in [0.15, 0.2) is 0 Å². The molecule has 0 saturated carbocycles. The maximum absolute atomic E-state index is 11.9. The Kier molecular flexibility index (Phi) is 6.51. The van der Waals surface area contributed by atoms with Crippen molar-refractivity contribution in [3.05, 3.63) is 0 Å². The number of carboxylic acids is 1. The van der Waals surface area contributed by atoms with E-state index in [1.165, 1.54) is 0 Å². The fourth-order valence-corrected chi connectivity index (χ4v) is 1.47. The number of aliphatic carboxylic acids is 1. The second-order valence-electron chi connectivity index (χ2n) is 7.49. The molecular formula is C15H30N2O3. The number of nitrogens with one attached hydrogen (secondary N) is 2. The Morgan fingerprint density at radius 3 is 1.95 bits per heavy atom. The predicted molar refractivity (Wildman–Crippen MR) is 80.6 cm³/mol. The number of carboxylic acid groups (broad SMARTS) is 1. The minimum absolute atomic E-state index is 0.00136. The molecule has 0 fully saturated rings. The molecule has 0 aromatic heterocycles. The molecule has 118 valence electrons. The van der Waals surface area contributed by atoms with Crippen molar-refractivity contribution in [2.45, 2.75) is 60.9 Å². The van der Waals surface area contributed by atoms with Crippen LogP contribution in [-0.2, 0) is 4.79 Å². The second kappa shape index (κ2) is 6.95. The zero-order valence-electron chi connectivity index (χ0n) is 13.8. The number of carbonyl (C=O) groups excluding carboxylic acids is 1. The van der Waals surface area contributed by atoms with Crippen molar-refractivity contribution in [3.63, 3.8) is 0 Å². The number of rotatable bonds is 6. The van der Waals surface area contributed by atoms with Gasteiger partial charge in [0.25, 0.3) is 0 Å². The summed E-state index contributed by atoms with van der Waals surface area (Å²) in [6.07, 6.45) is -0.0789. The van der Waals surface area contributed by atoms with Crippen molar-refractivity contribution in [1.29, 1.82) is 0 Å². The van der Waals surface area contributed by atoms with Gasteiger partial charge in [0.1, 0.15) is 0 Å². The van der Waals surface area contributed by atoms with Crippen LogP contribution >= 0.6 is 0 Å². The van der Waals surface area contributed by atoms with E-state index in [9.17, 15) is 9.59 Å². The molecule has 0 bridgehead atoms. The Balaban J connectivity index is 4.52. The van der Waals surface area contributed by atoms with Crippen LogP contribution in [0.1, 0.15) is 54.9 Å². The number of urea groups is 1. The Morgan fingerprint density at radius 1 is 1.10 bits per heavy atom. The van der Waals surface area contributed by atoms with Crippen molar-refractivity contribution in [2.24, 2.45) is 16.7 Å². The van der Waals surface area contributed by atoms with Gasteiger partial charge < -0.3 is 15.7 Å². The molecule has 0 saturated heterocycles. The molecule has 2 amide bonds. The molecule has 5 nitrogen and oxygen atoms in total. The first-order valence-electron chi connectivity index (χ1n) is 7.12. The molecule has 0 aliphatic heterocycles. The number of hydrogen-bond donors (Lipinski definition) is 3. The summed E-state index contributed by atoms with van der Waals surface area (Å²) in [4.78, 5) is 22.8. The first kappa shape index (κ1) is 18.7. The van der Waals surface area contributed by atoms with Crippen molar-refractivity contribution >= 4 is 12.0 Å². The van der Waals surface area contributed by atoms with Crippen LogP contribution in [0.25, 0.3) is 0 Å². The molecule has 5 heteroatoms. The number of hydrogen-bond acceptors (Lipinski definition) is 2. The van der Waals surface area contributed by atoms with Crippen LogP contribution in [0.2, 0.25) is 0 Å². The van der Waals surface area contributed by atoms with Gasteiger partial charge >= 0.3 is 12.0 Å². The molecule has 0 aliphatic carbocycles. The minimum atomic E-state index is -0.910. The highest BCUT2D eigenvalue weighted by molar-refractivity contribution is 5.75. The van der Waals surface area contributed by atoms with Gasteiger partial charge in [-0.25, -0.2) is 4.79 Å². The van der Waals surface area contributed by atoms with E-state index in [0.29, 0.717) is 12.5 Å². The van der Waals surface area contributed by atoms with E-state index >= 15 is 0 Å². The van der Waals surface area contributed by atoms with E-state index in [0.717, 1.165) is 0 Å². The average Bonchev–Trinajstić information content (AvgIpc) is 2.23. The Bertz CT molecular complexity index is 344. The topological polar surface area (TPSA) is 78.4 Å². The largest absolute Gasteiger partial charge is 0.481 e. The molecule has 1 unspecified atom stereocenters. The van der Waals surface area contributed by atoms with E-state index in [1.807, 2.05) is 20.8 Å². The summed E-state index contributed by atoms with van der Waals surface area (Å²) in [6.45, 7) is 14.7. The highest BCUT2D eigenvalue weighted by atomic mass is 16.4. The van der Waals surface area contributed by atoms with Gasteiger partial charge in [-0.05, 0) is 16.7 Å². The third-order valence-corrected chi connectivity index (χ3v) is 4.00. The molecule has 0 aromatic rings. The zero-order chi connectivity index (χ0) is 16.1. The Morgan fingerprint density at radius 2 is 1.60 bits per heavy atom. The smallest absolute Gasteiger partial charge is 0.315 e. The van der Waals surface area contributed by atoms with Crippen LogP contribution in [0.4, 0.5) is 4.79 Å². The van der Waals surface area contributed by atoms with Crippen LogP contribution in [0.3, 0.4) is 0 Å². The van der Waals surface area contributed by atoms with Gasteiger partial charge in [0.2, 0.25) is 0 Å².